The van der Waals surface area contributed by atoms with Crippen LogP contribution < -0.4 is 10.2 Å². The highest BCUT2D eigenvalue weighted by Crippen LogP contribution is 2.59. The SMILES string of the molecule is CC(=O)N1CC[C@H]2CC[C@@H](C(=O)N(C)c3ccc4oncc4c3)N2C(=O)[C@@H](NC(=O)c2cc3cc(C(F)(F)P(=O)(O)O)ccc3s2)C1. The summed E-state index contributed by atoms with van der Waals surface area (Å²) in [5.74, 6) is -1.86. The number of aromatic nitrogens is 1. The molecule has 2 aromatic carbocycles. The minimum absolute atomic E-state index is 0.0512. The zero-order valence-electron chi connectivity index (χ0n) is 25.1. The minimum Gasteiger partial charge on any atom is -0.356 e. The van der Waals surface area contributed by atoms with Crippen molar-refractivity contribution in [1.29, 1.82) is 0 Å². The number of nitrogens with one attached hydrogen (secondary N) is 1. The van der Waals surface area contributed by atoms with E-state index in [4.69, 9.17) is 14.3 Å². The molecule has 4 amide bonds. The highest BCUT2D eigenvalue weighted by Gasteiger charge is 2.50. The lowest BCUT2D eigenvalue weighted by atomic mass is 10.1. The number of anilines is 1. The van der Waals surface area contributed by atoms with E-state index >= 15 is 0 Å². The second kappa shape index (κ2) is 12.1. The topological polar surface area (TPSA) is 174 Å². The lowest BCUT2D eigenvalue weighted by molar-refractivity contribution is -0.144. The smallest absolute Gasteiger partial charge is 0.356 e. The number of halogens is 2. The largest absolute Gasteiger partial charge is 0.399 e. The van der Waals surface area contributed by atoms with Gasteiger partial charge < -0.3 is 34.3 Å². The van der Waals surface area contributed by atoms with Gasteiger partial charge in [0.2, 0.25) is 17.7 Å². The molecule has 6 rings (SSSR count). The zero-order chi connectivity index (χ0) is 33.8. The Labute approximate surface area is 270 Å². The number of hydrogen-bond donors (Lipinski definition) is 3. The van der Waals surface area contributed by atoms with E-state index in [-0.39, 0.29) is 34.7 Å². The van der Waals surface area contributed by atoms with E-state index in [0.29, 0.717) is 47.2 Å². The number of alkyl halides is 2. The van der Waals surface area contributed by atoms with E-state index < -0.39 is 42.7 Å². The third-order valence-electron chi connectivity index (χ3n) is 8.73. The van der Waals surface area contributed by atoms with E-state index in [2.05, 4.69) is 10.5 Å². The van der Waals surface area contributed by atoms with Gasteiger partial charge in [-0.2, -0.15) is 8.78 Å². The maximum atomic E-state index is 14.3. The second-order valence-electron chi connectivity index (χ2n) is 11.7. The number of nitrogens with zero attached hydrogens (tertiary/aromatic N) is 4. The van der Waals surface area contributed by atoms with Crippen molar-refractivity contribution >= 4 is 69.3 Å². The molecule has 2 aliphatic rings. The Hall–Kier alpha value is -4.24. The molecule has 2 fully saturated rings. The first-order valence-electron chi connectivity index (χ1n) is 14.6. The summed E-state index contributed by atoms with van der Waals surface area (Å²) in [6.07, 6.45) is 2.88. The molecule has 3 N–H and O–H groups in total. The summed E-state index contributed by atoms with van der Waals surface area (Å²) in [5, 5.41) is 7.31. The van der Waals surface area contributed by atoms with E-state index in [1.807, 2.05) is 0 Å². The van der Waals surface area contributed by atoms with Gasteiger partial charge in [0.05, 0.1) is 11.1 Å². The monoisotopic (exact) mass is 689 g/mol. The number of hydrogen-bond acceptors (Lipinski definition) is 8. The summed E-state index contributed by atoms with van der Waals surface area (Å²) >= 11 is 0.938. The molecule has 2 aliphatic heterocycles. The Bertz CT molecular complexity index is 1960. The van der Waals surface area contributed by atoms with Crippen LogP contribution in [0.25, 0.3) is 21.1 Å². The van der Waals surface area contributed by atoms with E-state index in [0.717, 1.165) is 23.5 Å². The summed E-state index contributed by atoms with van der Waals surface area (Å²) in [7, 11) is -4.19. The molecule has 3 atom stereocenters. The van der Waals surface area contributed by atoms with Gasteiger partial charge in [0.15, 0.2) is 5.58 Å². The summed E-state index contributed by atoms with van der Waals surface area (Å²) in [6, 6.07) is 7.07. The molecule has 2 saturated heterocycles. The number of amides is 4. The molecular formula is C30H30F2N5O8PS. The van der Waals surface area contributed by atoms with E-state index in [1.165, 1.54) is 40.0 Å². The number of fused-ring (bicyclic) bond motifs is 3. The van der Waals surface area contributed by atoms with Gasteiger partial charge in [0.1, 0.15) is 12.1 Å². The quantitative estimate of drug-likeness (QED) is 0.256. The van der Waals surface area contributed by atoms with E-state index in [9.17, 15) is 32.5 Å². The summed E-state index contributed by atoms with van der Waals surface area (Å²) < 4.78 is 45.6. The molecular weight excluding hydrogens is 659 g/mol. The molecule has 248 valence electrons. The Kier molecular flexibility index (Phi) is 8.41. The van der Waals surface area contributed by atoms with Crippen LogP contribution in [0.2, 0.25) is 0 Å². The molecule has 0 saturated carbocycles. The van der Waals surface area contributed by atoms with Gasteiger partial charge in [-0.25, -0.2) is 0 Å². The predicted molar refractivity (Wildman–Crippen MR) is 167 cm³/mol. The van der Waals surface area contributed by atoms with Crippen LogP contribution in [0.15, 0.2) is 53.2 Å². The van der Waals surface area contributed by atoms with Crippen LogP contribution >= 0.6 is 18.9 Å². The molecule has 0 spiro atoms. The molecule has 0 bridgehead atoms. The Morgan fingerprint density at radius 3 is 2.60 bits per heavy atom. The van der Waals surface area contributed by atoms with Crippen LogP contribution in [0, 0.1) is 0 Å². The number of benzene rings is 2. The average molecular weight is 690 g/mol. The van der Waals surface area contributed by atoms with Crippen molar-refractivity contribution in [2.24, 2.45) is 0 Å². The van der Waals surface area contributed by atoms with Crippen LogP contribution in [-0.4, -0.2) is 86.6 Å². The molecule has 0 unspecified atom stereocenters. The van der Waals surface area contributed by atoms with Gasteiger partial charge in [0.25, 0.3) is 5.91 Å². The predicted octanol–water partition coefficient (Wildman–Crippen LogP) is 3.64. The minimum atomic E-state index is -5.80. The molecule has 13 nitrogen and oxygen atoms in total. The van der Waals surface area contributed by atoms with Gasteiger partial charge in [-0.3, -0.25) is 23.7 Å². The number of carbonyl (C=O) groups is 4. The van der Waals surface area contributed by atoms with E-state index in [1.54, 1.807) is 25.2 Å². The highest BCUT2D eigenvalue weighted by molar-refractivity contribution is 7.52. The first-order chi connectivity index (χ1) is 22.2. The third kappa shape index (κ3) is 6.02. The molecule has 2 aromatic heterocycles. The number of carbonyl (C=O) groups excluding carboxylic acids is 4. The van der Waals surface area contributed by atoms with Gasteiger partial charge in [-0.1, -0.05) is 11.2 Å². The lowest BCUT2D eigenvalue weighted by Crippen LogP contribution is -2.61. The van der Waals surface area contributed by atoms with Crippen molar-refractivity contribution in [1.82, 2.24) is 20.3 Å². The van der Waals surface area contributed by atoms with Crippen molar-refractivity contribution in [3.8, 4) is 0 Å². The molecule has 47 heavy (non-hydrogen) atoms. The Morgan fingerprint density at radius 1 is 1.11 bits per heavy atom. The van der Waals surface area contributed by atoms with Crippen molar-refractivity contribution in [3.63, 3.8) is 0 Å². The number of rotatable bonds is 6. The lowest BCUT2D eigenvalue weighted by Gasteiger charge is -2.39. The molecule has 4 heterocycles. The molecule has 17 heteroatoms. The van der Waals surface area contributed by atoms with Gasteiger partial charge in [0, 0.05) is 54.4 Å². The van der Waals surface area contributed by atoms with Crippen LogP contribution in [0.4, 0.5) is 14.5 Å². The summed E-state index contributed by atoms with van der Waals surface area (Å²) in [5.41, 5.74) is -4.20. The first kappa shape index (κ1) is 32.7. The third-order valence-corrected chi connectivity index (χ3v) is 10.8. The summed E-state index contributed by atoms with van der Waals surface area (Å²) in [6.45, 7) is 1.52. The van der Waals surface area contributed by atoms with Gasteiger partial charge in [-0.05, 0) is 61.0 Å². The normalized spacial score (nSPS) is 20.6. The standard InChI is InChI=1S/C30H30F2N5O8PS/c1-16(38)36-10-9-20-4-6-23(29(41)35(2)21-5-7-24-18(12-21)14-33-45-24)37(20)28(40)22(15-36)34-27(39)26-13-17-11-19(3-8-25(17)47-26)30(31,32)46(42,43)44/h3,5,7-8,11-14,20,22-23H,4,6,9-10,15H2,1-2H3,(H,34,39)(H2,42,43,44)/t20-,22+,23+/m1/s1. The van der Waals surface area contributed by atoms with Gasteiger partial charge >= 0.3 is 13.3 Å². The second-order valence-corrected chi connectivity index (χ2v) is 14.4. The van der Waals surface area contributed by atoms with Crippen molar-refractivity contribution < 1.29 is 46.8 Å². The van der Waals surface area contributed by atoms with Crippen LogP contribution in [-0.2, 0) is 24.6 Å². The van der Waals surface area contributed by atoms with Crippen molar-refractivity contribution in [2.45, 2.75) is 50.0 Å². The number of likely N-dealkylation sites (N-methyl/N-ethyl adjacent to an activating group) is 1. The maximum Gasteiger partial charge on any atom is 0.399 e. The maximum absolute atomic E-state index is 14.3. The number of thiophene rings is 1. The zero-order valence-corrected chi connectivity index (χ0v) is 26.8. The van der Waals surface area contributed by atoms with Gasteiger partial charge in [-0.15, -0.1) is 11.3 Å². The first-order valence-corrected chi connectivity index (χ1v) is 17.1. The Balaban J connectivity index is 1.26. The molecule has 4 aromatic rings. The summed E-state index contributed by atoms with van der Waals surface area (Å²) in [4.78, 5) is 76.7. The highest BCUT2D eigenvalue weighted by atomic mass is 32.1. The van der Waals surface area contributed by atoms with Crippen molar-refractivity contribution in [3.05, 3.63) is 59.1 Å². The average Bonchev–Trinajstić information content (AvgIpc) is 3.77. The fourth-order valence-electron chi connectivity index (χ4n) is 6.17. The van der Waals surface area contributed by atoms with Crippen LogP contribution in [0.3, 0.4) is 0 Å². The molecule has 0 radical (unpaired) electrons. The molecule has 0 aliphatic carbocycles. The fraction of sp³-hybridized carbons (Fsp3) is 0.367. The van der Waals surface area contributed by atoms with Crippen molar-refractivity contribution in [2.75, 3.05) is 25.0 Å². The van der Waals surface area contributed by atoms with Crippen LogP contribution in [0.1, 0.15) is 41.4 Å². The van der Waals surface area contributed by atoms with Crippen LogP contribution in [0.5, 0.6) is 0 Å². The fourth-order valence-corrected chi connectivity index (χ4v) is 7.59. The Morgan fingerprint density at radius 2 is 1.87 bits per heavy atom.